The summed E-state index contributed by atoms with van der Waals surface area (Å²) >= 11 is 0. The monoisotopic (exact) mass is 587 g/mol. The van der Waals surface area contributed by atoms with E-state index in [-0.39, 0.29) is 30.8 Å². The first-order valence-electron chi connectivity index (χ1n) is 14.8. The first-order chi connectivity index (χ1) is 19.9. The Morgan fingerprint density at radius 3 is 2.24 bits per heavy atom. The summed E-state index contributed by atoms with van der Waals surface area (Å²) < 4.78 is 19.2. The topological polar surface area (TPSA) is 151 Å². The number of fused-ring (bicyclic) bond motifs is 3. The van der Waals surface area contributed by atoms with Gasteiger partial charge in [0.15, 0.2) is 5.78 Å². The fourth-order valence-corrected chi connectivity index (χ4v) is 7.68. The molecule has 4 aliphatic carbocycles. The molecule has 5 unspecified atom stereocenters. The number of hydrogen-bond acceptors (Lipinski definition) is 6. The van der Waals surface area contributed by atoms with Gasteiger partial charge < -0.3 is 25.8 Å². The van der Waals surface area contributed by atoms with Crippen molar-refractivity contribution >= 4 is 29.7 Å². The van der Waals surface area contributed by atoms with Gasteiger partial charge in [-0.2, -0.15) is 0 Å². The van der Waals surface area contributed by atoms with E-state index in [9.17, 15) is 33.5 Å². The van der Waals surface area contributed by atoms with Crippen LogP contribution in [0.5, 0.6) is 0 Å². The molecular weight excluding hydrogens is 545 g/mol. The van der Waals surface area contributed by atoms with Gasteiger partial charge in [-0.15, -0.1) is 0 Å². The highest BCUT2D eigenvalue weighted by Gasteiger charge is 2.66. The van der Waals surface area contributed by atoms with E-state index in [4.69, 9.17) is 4.74 Å². The molecule has 0 aromatic heterocycles. The molecule has 7 atom stereocenters. The number of halogens is 1. The van der Waals surface area contributed by atoms with Crippen molar-refractivity contribution in [3.05, 3.63) is 35.9 Å². The van der Waals surface area contributed by atoms with E-state index in [2.05, 4.69) is 16.0 Å². The maximum Gasteiger partial charge on any atom is 0.408 e. The number of aliphatic carboxylic acids is 1. The Labute approximate surface area is 245 Å². The number of Topliss-reactive ketones (excluding diaryl/α,β-unsaturated/α-hetero) is 1. The van der Waals surface area contributed by atoms with E-state index in [1.807, 2.05) is 30.3 Å². The van der Waals surface area contributed by atoms with E-state index < -0.39 is 65.3 Å². The van der Waals surface area contributed by atoms with Crippen LogP contribution in [0.15, 0.2) is 30.3 Å². The number of ether oxygens (including phenoxy) is 1. The number of benzene rings is 1. The highest BCUT2D eigenvalue weighted by Crippen LogP contribution is 2.68. The average Bonchev–Trinajstić information content (AvgIpc) is 3.11. The van der Waals surface area contributed by atoms with Crippen molar-refractivity contribution in [2.75, 3.05) is 6.67 Å². The lowest BCUT2D eigenvalue weighted by molar-refractivity contribution is -0.162. The van der Waals surface area contributed by atoms with Gasteiger partial charge in [0.1, 0.15) is 25.4 Å². The second-order valence-corrected chi connectivity index (χ2v) is 12.6. The van der Waals surface area contributed by atoms with Gasteiger partial charge in [0.25, 0.3) is 0 Å². The fraction of sp³-hybridized carbons (Fsp3) is 0.645. The maximum atomic E-state index is 14.0. The number of carboxylic acid groups (broad SMARTS) is 1. The summed E-state index contributed by atoms with van der Waals surface area (Å²) in [5.74, 6) is -3.00. The molecule has 42 heavy (non-hydrogen) atoms. The fourth-order valence-electron chi connectivity index (χ4n) is 7.68. The molecule has 0 heterocycles. The first-order valence-corrected chi connectivity index (χ1v) is 14.8. The van der Waals surface area contributed by atoms with E-state index in [1.54, 1.807) is 13.8 Å². The molecule has 0 spiro atoms. The summed E-state index contributed by atoms with van der Waals surface area (Å²) in [6.07, 6.45) is 2.45. The predicted molar refractivity (Wildman–Crippen MR) is 151 cm³/mol. The number of nitrogens with one attached hydrogen (secondary N) is 3. The molecule has 2 bridgehead atoms. The molecule has 0 radical (unpaired) electrons. The van der Waals surface area contributed by atoms with Gasteiger partial charge in [-0.1, -0.05) is 44.2 Å². The third kappa shape index (κ3) is 6.15. The van der Waals surface area contributed by atoms with Gasteiger partial charge in [0.05, 0.1) is 11.8 Å². The number of alkyl halides is 1. The number of rotatable bonds is 12. The van der Waals surface area contributed by atoms with Crippen molar-refractivity contribution in [1.29, 1.82) is 0 Å². The minimum atomic E-state index is -1.14. The van der Waals surface area contributed by atoms with Gasteiger partial charge in [-0.3, -0.25) is 19.2 Å². The molecular formula is C31H42FN3O7. The lowest BCUT2D eigenvalue weighted by Gasteiger charge is -2.60. The summed E-state index contributed by atoms with van der Waals surface area (Å²) in [6.45, 7) is 3.91. The van der Waals surface area contributed by atoms with Crippen molar-refractivity contribution in [2.24, 2.45) is 28.6 Å². The maximum absolute atomic E-state index is 14.0. The van der Waals surface area contributed by atoms with Crippen LogP contribution < -0.4 is 16.0 Å². The number of alkyl carbamates (subject to hydrolysis) is 1. The molecule has 4 fully saturated rings. The molecule has 1 aromatic carbocycles. The smallest absolute Gasteiger partial charge is 0.408 e. The number of carbonyl (C=O) groups is 5. The molecule has 0 saturated heterocycles. The minimum absolute atomic E-state index is 0.00143. The highest BCUT2D eigenvalue weighted by molar-refractivity contribution is 5.92. The molecule has 11 heteroatoms. The molecule has 0 aliphatic heterocycles. The quantitative estimate of drug-likeness (QED) is 0.292. The van der Waals surface area contributed by atoms with Crippen LogP contribution in [-0.4, -0.2) is 59.6 Å². The van der Waals surface area contributed by atoms with Gasteiger partial charge >= 0.3 is 12.1 Å². The van der Waals surface area contributed by atoms with E-state index in [0.29, 0.717) is 32.1 Å². The second kappa shape index (κ2) is 12.8. The van der Waals surface area contributed by atoms with Crippen LogP contribution in [0.4, 0.5) is 9.18 Å². The molecule has 230 valence electrons. The van der Waals surface area contributed by atoms with Crippen LogP contribution in [0, 0.1) is 28.6 Å². The Morgan fingerprint density at radius 2 is 1.64 bits per heavy atom. The number of carboxylic acids is 1. The lowest BCUT2D eigenvalue weighted by Crippen LogP contribution is -2.63. The summed E-state index contributed by atoms with van der Waals surface area (Å²) in [4.78, 5) is 63.9. The van der Waals surface area contributed by atoms with Crippen LogP contribution in [0.1, 0.15) is 71.3 Å². The summed E-state index contributed by atoms with van der Waals surface area (Å²) in [7, 11) is 0. The second-order valence-electron chi connectivity index (χ2n) is 12.6. The van der Waals surface area contributed by atoms with Gasteiger partial charge in [0.2, 0.25) is 11.8 Å². The van der Waals surface area contributed by atoms with E-state index in [1.165, 1.54) is 6.92 Å². The van der Waals surface area contributed by atoms with Crippen molar-refractivity contribution in [3.8, 4) is 0 Å². The zero-order valence-electron chi connectivity index (χ0n) is 24.5. The summed E-state index contributed by atoms with van der Waals surface area (Å²) in [5.41, 5.74) is -0.749. The Balaban J connectivity index is 1.41. The van der Waals surface area contributed by atoms with Gasteiger partial charge in [-0.05, 0) is 74.2 Å². The largest absolute Gasteiger partial charge is 0.481 e. The molecule has 4 N–H and O–H groups in total. The summed E-state index contributed by atoms with van der Waals surface area (Å²) in [6, 6.07) is 6.46. The number of carbonyl (C=O) groups excluding carboxylic acids is 4. The van der Waals surface area contributed by atoms with Crippen LogP contribution >= 0.6 is 0 Å². The lowest BCUT2D eigenvalue weighted by atomic mass is 9.44. The van der Waals surface area contributed by atoms with Crippen LogP contribution in [-0.2, 0) is 30.5 Å². The standard InChI is InChI=1S/C31H42FN3O7/c1-18(2)26(35-29(41)42-17-20-7-5-4-6-8-20)28(40)33-19(3)27(39)34-23-11-12-30(15-25(37)38)13-14-31(23,24(36)16-32)22-10-9-21(22)30/h4-8,18-19,21-23,26H,9-17H2,1-3H3,(H,33,40)(H,34,39)(H,35,41)(H,37,38)/t19-,21?,22?,23?,26-,30?,31?/m0/s1. The molecule has 4 aliphatic rings. The van der Waals surface area contributed by atoms with Gasteiger partial charge in [-0.25, -0.2) is 9.18 Å². The SMILES string of the molecule is CC(C)[C@H](NC(=O)OCc1ccccc1)C(=O)N[C@@H](C)C(=O)NC1CCC2(CC(=O)O)CCC1(C(=O)CF)C1CCC12. The molecule has 5 rings (SSSR count). The molecule has 3 amide bonds. The van der Waals surface area contributed by atoms with Crippen LogP contribution in [0.3, 0.4) is 0 Å². The zero-order chi connectivity index (χ0) is 30.7. The first kappa shape index (κ1) is 31.4. The van der Waals surface area contributed by atoms with E-state index >= 15 is 0 Å². The Morgan fingerprint density at radius 1 is 0.952 bits per heavy atom. The van der Waals surface area contributed by atoms with Crippen molar-refractivity contribution in [3.63, 3.8) is 0 Å². The van der Waals surface area contributed by atoms with E-state index in [0.717, 1.165) is 12.0 Å². The Bertz CT molecular complexity index is 1190. The van der Waals surface area contributed by atoms with Crippen molar-refractivity contribution in [1.82, 2.24) is 16.0 Å². The zero-order valence-corrected chi connectivity index (χ0v) is 24.5. The minimum Gasteiger partial charge on any atom is -0.481 e. The van der Waals surface area contributed by atoms with Crippen molar-refractivity contribution < 1.29 is 38.2 Å². The van der Waals surface area contributed by atoms with Crippen molar-refractivity contribution in [2.45, 2.75) is 90.4 Å². The van der Waals surface area contributed by atoms with Gasteiger partial charge in [0, 0.05) is 6.04 Å². The average molecular weight is 588 g/mol. The summed E-state index contributed by atoms with van der Waals surface area (Å²) in [5, 5.41) is 17.8. The Kier molecular flexibility index (Phi) is 9.57. The molecule has 10 nitrogen and oxygen atoms in total. The van der Waals surface area contributed by atoms with Crippen LogP contribution in [0.25, 0.3) is 0 Å². The molecule has 1 aromatic rings. The number of ketones is 1. The third-order valence-electron chi connectivity index (χ3n) is 9.96. The number of hydrogen-bond donors (Lipinski definition) is 4. The highest BCUT2D eigenvalue weighted by atomic mass is 19.1. The molecule has 4 saturated carbocycles. The number of amides is 3. The predicted octanol–water partition coefficient (Wildman–Crippen LogP) is 3.53. The normalized spacial score (nSPS) is 29.2. The third-order valence-corrected chi connectivity index (χ3v) is 9.96. The van der Waals surface area contributed by atoms with Crippen LogP contribution in [0.2, 0.25) is 0 Å². The Hall–Kier alpha value is -3.50.